The Hall–Kier alpha value is -3.40. The number of fused-ring (bicyclic) bond motifs is 8. The first-order chi connectivity index (χ1) is 14.7. The van der Waals surface area contributed by atoms with Gasteiger partial charge in [-0.05, 0) is 85.2 Å². The van der Waals surface area contributed by atoms with Gasteiger partial charge in [-0.1, -0.05) is 26.2 Å². The zero-order chi connectivity index (χ0) is 20.3. The van der Waals surface area contributed by atoms with Crippen molar-refractivity contribution < 1.29 is 0 Å². The van der Waals surface area contributed by atoms with Crippen molar-refractivity contribution in [3.63, 3.8) is 0 Å². The van der Waals surface area contributed by atoms with Gasteiger partial charge in [0.15, 0.2) is 0 Å². The third-order valence-electron chi connectivity index (χ3n) is 5.68. The molecule has 0 aromatic carbocycles. The van der Waals surface area contributed by atoms with Crippen molar-refractivity contribution >= 4 is 24.3 Å². The molecule has 30 heavy (non-hydrogen) atoms. The maximum atomic E-state index is 3.63. The van der Waals surface area contributed by atoms with Crippen LogP contribution in [0.5, 0.6) is 0 Å². The summed E-state index contributed by atoms with van der Waals surface area (Å²) in [6, 6.07) is 15.0. The standard InChI is InChI=1S/C26H28N4/c1-2-3-4-5-6-18-13-25-16-23-10-9-21(28-23)14-19-7-8-20(27-19)15-22-11-12-24(29-22)17-26(18)30-25/h7-17,27-30H,2-6H2,1H3. The Kier molecular flexibility index (Phi) is 5.06. The van der Waals surface area contributed by atoms with Crippen molar-refractivity contribution in [2.24, 2.45) is 0 Å². The molecule has 8 bridgehead atoms. The summed E-state index contributed by atoms with van der Waals surface area (Å²) in [6.07, 6.45) is 14.9. The van der Waals surface area contributed by atoms with E-state index in [1.807, 2.05) is 0 Å². The van der Waals surface area contributed by atoms with Crippen LogP contribution in [0.1, 0.15) is 60.9 Å². The first-order valence-electron chi connectivity index (χ1n) is 10.9. The van der Waals surface area contributed by atoms with Gasteiger partial charge >= 0.3 is 0 Å². The smallest absolute Gasteiger partial charge is 0.0438 e. The number of hydrogen-bond acceptors (Lipinski definition) is 0. The molecule has 0 spiro atoms. The van der Waals surface area contributed by atoms with E-state index in [1.54, 1.807) is 0 Å². The highest BCUT2D eigenvalue weighted by Crippen LogP contribution is 2.07. The SMILES string of the molecule is CCCCCCc1cc2[nH]c1=Cc1ccc([nH]1)C=c1ccc([nH]1)=Cc1ccc([nH]1)C=2. The van der Waals surface area contributed by atoms with E-state index < -0.39 is 0 Å². The van der Waals surface area contributed by atoms with Crippen molar-refractivity contribution in [2.75, 3.05) is 0 Å². The lowest BCUT2D eigenvalue weighted by Crippen LogP contribution is -2.12. The van der Waals surface area contributed by atoms with E-state index in [0.29, 0.717) is 0 Å². The summed E-state index contributed by atoms with van der Waals surface area (Å²) in [6.45, 7) is 2.26. The fourth-order valence-electron chi connectivity index (χ4n) is 4.14. The molecule has 4 aromatic heterocycles. The van der Waals surface area contributed by atoms with E-state index in [9.17, 15) is 0 Å². The normalized spacial score (nSPS) is 12.6. The number of aromatic nitrogens is 4. The second kappa shape index (κ2) is 8.15. The van der Waals surface area contributed by atoms with Gasteiger partial charge in [-0.15, -0.1) is 0 Å². The van der Waals surface area contributed by atoms with Gasteiger partial charge in [0.25, 0.3) is 0 Å². The number of aromatic amines is 4. The van der Waals surface area contributed by atoms with E-state index in [-0.39, 0.29) is 0 Å². The van der Waals surface area contributed by atoms with Gasteiger partial charge < -0.3 is 19.9 Å². The van der Waals surface area contributed by atoms with E-state index in [1.165, 1.54) is 36.6 Å². The van der Waals surface area contributed by atoms with Crippen molar-refractivity contribution in [3.8, 4) is 0 Å². The number of nitrogens with one attached hydrogen (secondary N) is 4. The molecular formula is C26H28N4. The van der Waals surface area contributed by atoms with Gasteiger partial charge in [0, 0.05) is 44.2 Å². The molecular weight excluding hydrogens is 368 g/mol. The highest BCUT2D eigenvalue weighted by molar-refractivity contribution is 5.55. The summed E-state index contributed by atoms with van der Waals surface area (Å²) in [5.74, 6) is 0. The average Bonchev–Trinajstić information content (AvgIpc) is 3.51. The second-order valence-corrected chi connectivity index (χ2v) is 8.16. The zero-order valence-electron chi connectivity index (χ0n) is 17.4. The van der Waals surface area contributed by atoms with Gasteiger partial charge in [-0.2, -0.15) is 0 Å². The second-order valence-electron chi connectivity index (χ2n) is 8.16. The van der Waals surface area contributed by atoms with Gasteiger partial charge in [-0.25, -0.2) is 0 Å². The highest BCUT2D eigenvalue weighted by Gasteiger charge is 2.03. The van der Waals surface area contributed by atoms with Crippen LogP contribution in [0.25, 0.3) is 24.3 Å². The fourth-order valence-corrected chi connectivity index (χ4v) is 4.14. The molecule has 0 saturated carbocycles. The van der Waals surface area contributed by atoms with Crippen molar-refractivity contribution in [1.82, 2.24) is 19.9 Å². The molecule has 0 unspecified atom stereocenters. The van der Waals surface area contributed by atoms with Crippen LogP contribution >= 0.6 is 0 Å². The van der Waals surface area contributed by atoms with Crippen LogP contribution in [0.3, 0.4) is 0 Å². The molecule has 0 amide bonds. The number of aryl methyl sites for hydroxylation is 1. The molecule has 1 aliphatic heterocycles. The van der Waals surface area contributed by atoms with E-state index in [4.69, 9.17) is 0 Å². The number of H-pyrrole nitrogens is 4. The molecule has 1 aliphatic rings. The Morgan fingerprint density at radius 3 is 1.80 bits per heavy atom. The molecule has 5 rings (SSSR count). The van der Waals surface area contributed by atoms with Crippen LogP contribution in [0.2, 0.25) is 0 Å². The monoisotopic (exact) mass is 396 g/mol. The minimum atomic E-state index is 1.08. The first-order valence-corrected chi connectivity index (χ1v) is 10.9. The number of unbranched alkanes of at least 4 members (excludes halogenated alkanes) is 3. The molecule has 4 nitrogen and oxygen atoms in total. The number of hydrogen-bond donors (Lipinski definition) is 4. The molecule has 0 fully saturated rings. The maximum Gasteiger partial charge on any atom is 0.0438 e. The topological polar surface area (TPSA) is 63.2 Å². The zero-order valence-corrected chi connectivity index (χ0v) is 17.4. The van der Waals surface area contributed by atoms with E-state index >= 15 is 0 Å². The minimum Gasteiger partial charge on any atom is -0.355 e. The third-order valence-corrected chi connectivity index (χ3v) is 5.68. The first kappa shape index (κ1) is 18.6. The molecule has 5 heterocycles. The Balaban J connectivity index is 1.64. The molecule has 4 aromatic rings. The van der Waals surface area contributed by atoms with Crippen LogP contribution in [-0.2, 0) is 6.42 Å². The summed E-state index contributed by atoms with van der Waals surface area (Å²) in [5.41, 5.74) is 5.76. The molecule has 4 N–H and O–H groups in total. The summed E-state index contributed by atoms with van der Waals surface area (Å²) in [4.78, 5) is 14.1. The largest absolute Gasteiger partial charge is 0.355 e. The van der Waals surface area contributed by atoms with Gasteiger partial charge in [0.05, 0.1) is 0 Å². The van der Waals surface area contributed by atoms with Crippen LogP contribution in [-0.4, -0.2) is 19.9 Å². The van der Waals surface area contributed by atoms with Gasteiger partial charge in [0.1, 0.15) is 0 Å². The molecule has 0 radical (unpaired) electrons. The lowest BCUT2D eigenvalue weighted by molar-refractivity contribution is 0.666. The van der Waals surface area contributed by atoms with Crippen LogP contribution < -0.4 is 21.4 Å². The summed E-state index contributed by atoms with van der Waals surface area (Å²) < 4.78 is 0. The van der Waals surface area contributed by atoms with Gasteiger partial charge in [-0.3, -0.25) is 0 Å². The van der Waals surface area contributed by atoms with E-state index in [0.717, 1.165) is 45.2 Å². The van der Waals surface area contributed by atoms with Crippen molar-refractivity contribution in [2.45, 2.75) is 39.0 Å². The number of rotatable bonds is 5. The predicted molar refractivity (Wildman–Crippen MR) is 124 cm³/mol. The molecule has 0 saturated heterocycles. The van der Waals surface area contributed by atoms with E-state index in [2.05, 4.69) is 93.6 Å². The average molecular weight is 397 g/mol. The summed E-state index contributed by atoms with van der Waals surface area (Å²) >= 11 is 0. The lowest BCUT2D eigenvalue weighted by Gasteiger charge is -1.98. The Labute approximate surface area is 175 Å². The van der Waals surface area contributed by atoms with Gasteiger partial charge in [0.2, 0.25) is 0 Å². The molecule has 152 valence electrons. The third kappa shape index (κ3) is 4.13. The lowest BCUT2D eigenvalue weighted by atomic mass is 10.1. The maximum absolute atomic E-state index is 3.63. The quantitative estimate of drug-likeness (QED) is 0.330. The Morgan fingerprint density at radius 1 is 0.567 bits per heavy atom. The van der Waals surface area contributed by atoms with Crippen LogP contribution in [0, 0.1) is 0 Å². The minimum absolute atomic E-state index is 1.08. The predicted octanol–water partition coefficient (Wildman–Crippen LogP) is 2.75. The highest BCUT2D eigenvalue weighted by atomic mass is 14.8. The molecule has 0 atom stereocenters. The Bertz CT molecular complexity index is 1390. The van der Waals surface area contributed by atoms with Crippen LogP contribution in [0.15, 0.2) is 42.5 Å². The van der Waals surface area contributed by atoms with Crippen LogP contribution in [0.4, 0.5) is 0 Å². The summed E-state index contributed by atoms with van der Waals surface area (Å²) in [5, 5.41) is 4.49. The fraction of sp³-hybridized carbons (Fsp3) is 0.231. The molecule has 0 aliphatic carbocycles. The summed E-state index contributed by atoms with van der Waals surface area (Å²) in [7, 11) is 0. The molecule has 4 heteroatoms. The van der Waals surface area contributed by atoms with Crippen molar-refractivity contribution in [1.29, 1.82) is 0 Å². The van der Waals surface area contributed by atoms with Crippen molar-refractivity contribution in [3.05, 3.63) is 92.2 Å². The Morgan fingerprint density at radius 2 is 1.17 bits per heavy atom.